The van der Waals surface area contributed by atoms with Gasteiger partial charge < -0.3 is 20.2 Å². The van der Waals surface area contributed by atoms with Gasteiger partial charge in [0.25, 0.3) is 0 Å². The number of aliphatic hydroxyl groups excluding tert-OH is 2. The molecule has 5 aliphatic rings. The number of amides is 1. The molecule has 1 amide bonds. The molecule has 1 heterocycles. The van der Waals surface area contributed by atoms with E-state index in [9.17, 15) is 20.1 Å². The van der Waals surface area contributed by atoms with Crippen molar-refractivity contribution in [2.75, 3.05) is 13.1 Å². The molecule has 4 bridgehead atoms. The van der Waals surface area contributed by atoms with Gasteiger partial charge in [-0.05, 0) is 78.9 Å². The summed E-state index contributed by atoms with van der Waals surface area (Å²) in [4.78, 5) is 14.8. The fourth-order valence-electron chi connectivity index (χ4n) is 6.80. The lowest BCUT2D eigenvalue weighted by Gasteiger charge is -2.63. The Balaban J connectivity index is 1.46. The molecule has 1 aliphatic heterocycles. The monoisotopic (exact) mass is 371 g/mol. The Labute approximate surface area is 160 Å². The van der Waals surface area contributed by atoms with Crippen molar-refractivity contribution < 1.29 is 20.1 Å². The van der Waals surface area contributed by atoms with Gasteiger partial charge >= 0.3 is 0 Å². The highest BCUT2D eigenvalue weighted by molar-refractivity contribution is 5.78. The van der Waals surface area contributed by atoms with Crippen molar-refractivity contribution >= 4 is 5.91 Å². The smallest absolute Gasteiger partial charge is 0.223 e. The Morgan fingerprint density at radius 1 is 1.07 bits per heavy atom. The maximum Gasteiger partial charge on any atom is 0.223 e. The molecule has 27 heavy (non-hydrogen) atoms. The Morgan fingerprint density at radius 3 is 2.26 bits per heavy atom. The highest BCUT2D eigenvalue weighted by Crippen LogP contribution is 2.64. The topological polar surface area (TPSA) is 81.0 Å². The van der Waals surface area contributed by atoms with E-state index in [-0.39, 0.29) is 29.3 Å². The fraction of sp³-hybridized carbons (Fsp3) is 0.682. The minimum Gasteiger partial charge on any atom is -0.508 e. The normalized spacial score (nSPS) is 40.2. The molecule has 5 fully saturated rings. The molecule has 1 aromatic carbocycles. The van der Waals surface area contributed by atoms with Crippen LogP contribution in [0.1, 0.15) is 37.7 Å². The van der Waals surface area contributed by atoms with Crippen molar-refractivity contribution in [3.63, 3.8) is 0 Å². The van der Waals surface area contributed by atoms with E-state index in [0.29, 0.717) is 43.2 Å². The summed E-state index contributed by atoms with van der Waals surface area (Å²) < 4.78 is 0. The molecular formula is C22H29NO4. The Bertz CT molecular complexity index is 712. The molecule has 1 aromatic rings. The standard InChI is InChI=1S/C22H29NO4/c24-18-3-1-2-13(4-18)9-22(10-20(26)23-11-19(25)12-23)16-5-14-6-17(22)8-15(7-16)21(14)27/h1-4,14-17,19,21,24-25,27H,5-12H2. The van der Waals surface area contributed by atoms with Crippen LogP contribution >= 0.6 is 0 Å². The van der Waals surface area contributed by atoms with E-state index in [1.54, 1.807) is 11.0 Å². The van der Waals surface area contributed by atoms with Gasteiger partial charge in [-0.15, -0.1) is 0 Å². The minimum absolute atomic E-state index is 0.0848. The number of carbonyl (C=O) groups excluding carboxylic acids is 1. The van der Waals surface area contributed by atoms with Crippen LogP contribution < -0.4 is 0 Å². The first-order valence-corrected chi connectivity index (χ1v) is 10.4. The summed E-state index contributed by atoms with van der Waals surface area (Å²) in [7, 11) is 0. The molecule has 3 N–H and O–H groups in total. The van der Waals surface area contributed by atoms with Crippen LogP contribution in [0.5, 0.6) is 5.75 Å². The largest absolute Gasteiger partial charge is 0.508 e. The number of phenolic OH excluding ortho intramolecular Hbond substituents is 1. The summed E-state index contributed by atoms with van der Waals surface area (Å²) in [6, 6.07) is 7.46. The van der Waals surface area contributed by atoms with Crippen molar-refractivity contribution in [3.05, 3.63) is 29.8 Å². The first-order valence-electron chi connectivity index (χ1n) is 10.4. The number of hydrogen-bond acceptors (Lipinski definition) is 4. The average molecular weight is 371 g/mol. The zero-order valence-corrected chi connectivity index (χ0v) is 15.6. The Morgan fingerprint density at radius 2 is 1.70 bits per heavy atom. The van der Waals surface area contributed by atoms with Crippen LogP contribution in [-0.4, -0.2) is 51.4 Å². The Hall–Kier alpha value is -1.59. The fourth-order valence-corrected chi connectivity index (χ4v) is 6.80. The van der Waals surface area contributed by atoms with Gasteiger partial charge in [0, 0.05) is 19.5 Å². The summed E-state index contributed by atoms with van der Waals surface area (Å²) in [6.45, 7) is 0.917. The lowest BCUT2D eigenvalue weighted by atomic mass is 9.42. The maximum atomic E-state index is 13.0. The predicted molar refractivity (Wildman–Crippen MR) is 99.9 cm³/mol. The van der Waals surface area contributed by atoms with Crippen LogP contribution in [0.25, 0.3) is 0 Å². The summed E-state index contributed by atoms with van der Waals surface area (Å²) in [5.74, 6) is 2.14. The van der Waals surface area contributed by atoms with Crippen molar-refractivity contribution in [3.8, 4) is 5.75 Å². The molecule has 0 aromatic heterocycles. The highest BCUT2D eigenvalue weighted by Gasteiger charge is 2.60. The van der Waals surface area contributed by atoms with Gasteiger partial charge in [0.05, 0.1) is 12.2 Å². The first-order chi connectivity index (χ1) is 12.9. The van der Waals surface area contributed by atoms with E-state index in [1.807, 2.05) is 12.1 Å². The van der Waals surface area contributed by atoms with E-state index in [0.717, 1.165) is 37.7 Å². The van der Waals surface area contributed by atoms with Gasteiger partial charge in [0.1, 0.15) is 5.75 Å². The molecule has 4 aliphatic carbocycles. The number of phenols is 1. The van der Waals surface area contributed by atoms with Crippen LogP contribution in [0, 0.1) is 29.1 Å². The van der Waals surface area contributed by atoms with Crippen molar-refractivity contribution in [2.24, 2.45) is 29.1 Å². The molecule has 0 radical (unpaired) electrons. The quantitative estimate of drug-likeness (QED) is 0.756. The third-order valence-corrected chi connectivity index (χ3v) is 8.08. The lowest BCUT2D eigenvalue weighted by Crippen LogP contribution is -2.61. The second-order valence-corrected chi connectivity index (χ2v) is 9.56. The molecule has 0 atom stereocenters. The van der Waals surface area contributed by atoms with Crippen LogP contribution in [0.3, 0.4) is 0 Å². The van der Waals surface area contributed by atoms with E-state index in [4.69, 9.17) is 0 Å². The molecule has 6 rings (SSSR count). The van der Waals surface area contributed by atoms with Gasteiger partial charge in [-0.3, -0.25) is 4.79 Å². The number of benzene rings is 1. The molecule has 1 saturated heterocycles. The van der Waals surface area contributed by atoms with E-state index in [1.165, 1.54) is 0 Å². The van der Waals surface area contributed by atoms with Crippen LogP contribution in [0.15, 0.2) is 24.3 Å². The number of hydrogen-bond donors (Lipinski definition) is 3. The number of aromatic hydroxyl groups is 1. The minimum atomic E-state index is -0.371. The molecule has 146 valence electrons. The van der Waals surface area contributed by atoms with Crippen LogP contribution in [-0.2, 0) is 11.2 Å². The zero-order chi connectivity index (χ0) is 18.8. The number of β-amino-alcohol motifs (C(OH)–C–C–N with tert-alkyl or cyclic N) is 1. The van der Waals surface area contributed by atoms with Gasteiger partial charge in [0.2, 0.25) is 5.91 Å². The number of nitrogens with zero attached hydrogens (tertiary/aromatic N) is 1. The van der Waals surface area contributed by atoms with Gasteiger partial charge in [-0.1, -0.05) is 12.1 Å². The highest BCUT2D eigenvalue weighted by atomic mass is 16.3. The van der Waals surface area contributed by atoms with E-state index < -0.39 is 0 Å². The maximum absolute atomic E-state index is 13.0. The van der Waals surface area contributed by atoms with Crippen molar-refractivity contribution in [2.45, 2.75) is 50.7 Å². The number of rotatable bonds is 4. The zero-order valence-electron chi connectivity index (χ0n) is 15.6. The molecule has 4 saturated carbocycles. The molecular weight excluding hydrogens is 342 g/mol. The van der Waals surface area contributed by atoms with Crippen LogP contribution in [0.4, 0.5) is 0 Å². The second kappa shape index (κ2) is 6.21. The van der Waals surface area contributed by atoms with E-state index in [2.05, 4.69) is 6.07 Å². The first kappa shape index (κ1) is 17.5. The molecule has 5 nitrogen and oxygen atoms in total. The van der Waals surface area contributed by atoms with Gasteiger partial charge in [-0.2, -0.15) is 0 Å². The van der Waals surface area contributed by atoms with Crippen LogP contribution in [0.2, 0.25) is 0 Å². The van der Waals surface area contributed by atoms with E-state index >= 15 is 0 Å². The summed E-state index contributed by atoms with van der Waals surface area (Å²) >= 11 is 0. The van der Waals surface area contributed by atoms with Crippen molar-refractivity contribution in [1.29, 1.82) is 0 Å². The second-order valence-electron chi connectivity index (χ2n) is 9.56. The Kier molecular flexibility index (Phi) is 4.03. The van der Waals surface area contributed by atoms with Gasteiger partial charge in [0.15, 0.2) is 0 Å². The lowest BCUT2D eigenvalue weighted by molar-refractivity contribution is -0.179. The summed E-state index contributed by atoms with van der Waals surface area (Å²) in [5, 5.41) is 30.0. The third-order valence-electron chi connectivity index (χ3n) is 8.08. The molecule has 0 unspecified atom stereocenters. The number of carbonyl (C=O) groups is 1. The number of likely N-dealkylation sites (tertiary alicyclic amines) is 1. The molecule has 5 heteroatoms. The third kappa shape index (κ3) is 2.78. The predicted octanol–water partition coefficient (Wildman–Crippen LogP) is 1.94. The molecule has 0 spiro atoms. The van der Waals surface area contributed by atoms with Gasteiger partial charge in [-0.25, -0.2) is 0 Å². The SMILES string of the molecule is O=C(CC1(Cc2cccc(O)c2)C2CC3CC1CC(C2)C3O)N1CC(O)C1. The summed E-state index contributed by atoms with van der Waals surface area (Å²) in [5.41, 5.74) is 1.01. The average Bonchev–Trinajstić information content (AvgIpc) is 2.57. The number of aliphatic hydroxyl groups is 2. The summed E-state index contributed by atoms with van der Waals surface area (Å²) in [6.07, 6.45) is 4.88. The van der Waals surface area contributed by atoms with Crippen molar-refractivity contribution in [1.82, 2.24) is 4.90 Å².